The second-order valence-corrected chi connectivity index (χ2v) is 7.40. The first kappa shape index (κ1) is 17.6. The van der Waals surface area contributed by atoms with E-state index in [0.29, 0.717) is 24.8 Å². The summed E-state index contributed by atoms with van der Waals surface area (Å²) in [5, 5.41) is 3.04. The van der Waals surface area contributed by atoms with Crippen molar-refractivity contribution in [3.63, 3.8) is 0 Å². The van der Waals surface area contributed by atoms with E-state index in [1.807, 2.05) is 29.2 Å². The number of anilines is 1. The molecule has 6 nitrogen and oxygen atoms in total. The highest BCUT2D eigenvalue weighted by Crippen LogP contribution is 2.25. The maximum Gasteiger partial charge on any atom is 0.317 e. The van der Waals surface area contributed by atoms with Gasteiger partial charge in [0.15, 0.2) is 0 Å². The monoisotopic (exact) mass is 345 g/mol. The summed E-state index contributed by atoms with van der Waals surface area (Å²) in [6.45, 7) is 6.45. The standard InChI is InChI=1S/C19H27N3O3/c1-13-8-14(2)11-21(10-13)19(24)20-15-9-18(23)22(12-15)16-4-6-17(25-3)7-5-16/h4-7,13-15H,8-12H2,1-3H3,(H,20,24)/t13-,14+,15-/m0/s1. The van der Waals surface area contributed by atoms with Gasteiger partial charge in [0, 0.05) is 31.7 Å². The van der Waals surface area contributed by atoms with E-state index in [4.69, 9.17) is 4.74 Å². The van der Waals surface area contributed by atoms with E-state index in [1.165, 1.54) is 0 Å². The third-order valence-electron chi connectivity index (χ3n) is 4.99. The molecule has 6 heteroatoms. The average Bonchev–Trinajstić information content (AvgIpc) is 2.94. The zero-order valence-corrected chi connectivity index (χ0v) is 15.2. The number of methoxy groups -OCH3 is 1. The molecule has 1 aromatic rings. The maximum atomic E-state index is 12.5. The predicted molar refractivity (Wildman–Crippen MR) is 96.8 cm³/mol. The van der Waals surface area contributed by atoms with Crippen LogP contribution in [0.1, 0.15) is 26.7 Å². The molecule has 136 valence electrons. The molecule has 2 saturated heterocycles. The number of hydrogen-bond donors (Lipinski definition) is 1. The van der Waals surface area contributed by atoms with Crippen LogP contribution in [0.3, 0.4) is 0 Å². The van der Waals surface area contributed by atoms with Gasteiger partial charge in [0.25, 0.3) is 0 Å². The van der Waals surface area contributed by atoms with Crippen molar-refractivity contribution in [1.29, 1.82) is 0 Å². The van der Waals surface area contributed by atoms with Gasteiger partial charge in [-0.1, -0.05) is 13.8 Å². The van der Waals surface area contributed by atoms with Gasteiger partial charge in [-0.15, -0.1) is 0 Å². The Kier molecular flexibility index (Phi) is 5.16. The van der Waals surface area contributed by atoms with Crippen molar-refractivity contribution in [2.45, 2.75) is 32.7 Å². The Hall–Kier alpha value is -2.24. The molecule has 2 aliphatic heterocycles. The predicted octanol–water partition coefficient (Wildman–Crippen LogP) is 2.49. The van der Waals surface area contributed by atoms with Crippen LogP contribution in [-0.4, -0.2) is 49.6 Å². The van der Waals surface area contributed by atoms with Crippen LogP contribution in [-0.2, 0) is 4.79 Å². The summed E-state index contributed by atoms with van der Waals surface area (Å²) in [6, 6.07) is 7.22. The molecule has 0 radical (unpaired) electrons. The van der Waals surface area contributed by atoms with Crippen LogP contribution >= 0.6 is 0 Å². The first-order chi connectivity index (χ1) is 12.0. The van der Waals surface area contributed by atoms with Crippen LogP contribution in [0, 0.1) is 11.8 Å². The van der Waals surface area contributed by atoms with Gasteiger partial charge in [0.1, 0.15) is 5.75 Å². The molecule has 0 saturated carbocycles. The molecular formula is C19H27N3O3. The highest BCUT2D eigenvalue weighted by molar-refractivity contribution is 5.96. The molecule has 1 N–H and O–H groups in total. The number of nitrogens with one attached hydrogen (secondary N) is 1. The molecule has 2 aliphatic rings. The number of nitrogens with zero attached hydrogens (tertiary/aromatic N) is 2. The lowest BCUT2D eigenvalue weighted by atomic mass is 9.92. The zero-order chi connectivity index (χ0) is 18.0. The van der Waals surface area contributed by atoms with Gasteiger partial charge in [-0.25, -0.2) is 4.79 Å². The average molecular weight is 345 g/mol. The minimum Gasteiger partial charge on any atom is -0.497 e. The number of carbonyl (C=O) groups excluding carboxylic acids is 2. The molecule has 2 fully saturated rings. The number of carbonyl (C=O) groups is 2. The number of rotatable bonds is 3. The van der Waals surface area contributed by atoms with E-state index in [0.717, 1.165) is 30.9 Å². The fraction of sp³-hybridized carbons (Fsp3) is 0.579. The molecule has 0 unspecified atom stereocenters. The molecule has 25 heavy (non-hydrogen) atoms. The van der Waals surface area contributed by atoms with Crippen LogP contribution in [0.15, 0.2) is 24.3 Å². The van der Waals surface area contributed by atoms with Crippen LogP contribution in [0.25, 0.3) is 0 Å². The molecule has 1 aromatic carbocycles. The Morgan fingerprint density at radius 3 is 2.36 bits per heavy atom. The first-order valence-electron chi connectivity index (χ1n) is 8.96. The highest BCUT2D eigenvalue weighted by Gasteiger charge is 2.33. The number of ether oxygens (including phenoxy) is 1. The number of benzene rings is 1. The maximum absolute atomic E-state index is 12.5. The minimum absolute atomic E-state index is 0.0378. The second-order valence-electron chi connectivity index (χ2n) is 7.40. The number of piperidine rings is 1. The Bertz CT molecular complexity index is 621. The van der Waals surface area contributed by atoms with Crippen molar-refractivity contribution < 1.29 is 14.3 Å². The summed E-state index contributed by atoms with van der Waals surface area (Å²) in [6.07, 6.45) is 1.51. The quantitative estimate of drug-likeness (QED) is 0.915. The summed E-state index contributed by atoms with van der Waals surface area (Å²) in [4.78, 5) is 28.5. The molecule has 3 rings (SSSR count). The smallest absolute Gasteiger partial charge is 0.317 e. The van der Waals surface area contributed by atoms with Gasteiger partial charge in [-0.2, -0.15) is 0 Å². The van der Waals surface area contributed by atoms with Gasteiger partial charge in [0.2, 0.25) is 5.91 Å². The summed E-state index contributed by atoms with van der Waals surface area (Å²) < 4.78 is 5.15. The normalized spacial score (nSPS) is 26.7. The van der Waals surface area contributed by atoms with Crippen molar-refractivity contribution in [1.82, 2.24) is 10.2 Å². The first-order valence-corrected chi connectivity index (χ1v) is 8.96. The van der Waals surface area contributed by atoms with E-state index in [-0.39, 0.29) is 18.0 Å². The third kappa shape index (κ3) is 4.06. The number of hydrogen-bond acceptors (Lipinski definition) is 3. The lowest BCUT2D eigenvalue weighted by molar-refractivity contribution is -0.117. The van der Waals surface area contributed by atoms with Crippen LogP contribution in [0.4, 0.5) is 10.5 Å². The molecular weight excluding hydrogens is 318 g/mol. The van der Waals surface area contributed by atoms with Crippen LogP contribution < -0.4 is 15.0 Å². The Balaban J connectivity index is 1.59. The third-order valence-corrected chi connectivity index (χ3v) is 4.99. The second kappa shape index (κ2) is 7.33. The summed E-state index contributed by atoms with van der Waals surface area (Å²) in [5.41, 5.74) is 0.836. The lowest BCUT2D eigenvalue weighted by Crippen LogP contribution is -2.50. The Morgan fingerprint density at radius 2 is 1.76 bits per heavy atom. The molecule has 0 aliphatic carbocycles. The van der Waals surface area contributed by atoms with Gasteiger partial charge in [-0.3, -0.25) is 4.79 Å². The number of likely N-dealkylation sites (tertiary alicyclic amines) is 1. The summed E-state index contributed by atoms with van der Waals surface area (Å²) in [5.74, 6) is 1.84. The van der Waals surface area contributed by atoms with E-state index in [9.17, 15) is 9.59 Å². The number of urea groups is 1. The summed E-state index contributed by atoms with van der Waals surface area (Å²) >= 11 is 0. The molecule has 3 amide bonds. The zero-order valence-electron chi connectivity index (χ0n) is 15.2. The van der Waals surface area contributed by atoms with Crippen molar-refractivity contribution in [2.75, 3.05) is 31.6 Å². The Morgan fingerprint density at radius 1 is 1.12 bits per heavy atom. The fourth-order valence-electron chi connectivity index (χ4n) is 3.91. The highest BCUT2D eigenvalue weighted by atomic mass is 16.5. The van der Waals surface area contributed by atoms with E-state index in [1.54, 1.807) is 12.0 Å². The van der Waals surface area contributed by atoms with Gasteiger partial charge in [0.05, 0.1) is 13.2 Å². The SMILES string of the molecule is COc1ccc(N2C[C@@H](NC(=O)N3C[C@H](C)C[C@H](C)C3)CC2=O)cc1. The van der Waals surface area contributed by atoms with Crippen molar-refractivity contribution in [3.8, 4) is 5.75 Å². The molecule has 0 bridgehead atoms. The van der Waals surface area contributed by atoms with Gasteiger partial charge < -0.3 is 19.9 Å². The molecule has 0 spiro atoms. The lowest BCUT2D eigenvalue weighted by Gasteiger charge is -2.35. The van der Waals surface area contributed by atoms with Gasteiger partial charge in [-0.05, 0) is 42.5 Å². The van der Waals surface area contributed by atoms with E-state index >= 15 is 0 Å². The van der Waals surface area contributed by atoms with Crippen molar-refractivity contribution in [2.24, 2.45) is 11.8 Å². The summed E-state index contributed by atoms with van der Waals surface area (Å²) in [7, 11) is 1.61. The van der Waals surface area contributed by atoms with Crippen molar-refractivity contribution in [3.05, 3.63) is 24.3 Å². The van der Waals surface area contributed by atoms with Crippen LogP contribution in [0.2, 0.25) is 0 Å². The minimum atomic E-state index is -0.144. The largest absolute Gasteiger partial charge is 0.497 e. The fourth-order valence-corrected chi connectivity index (χ4v) is 3.91. The van der Waals surface area contributed by atoms with Gasteiger partial charge >= 0.3 is 6.03 Å². The molecule has 3 atom stereocenters. The molecule has 0 aromatic heterocycles. The van der Waals surface area contributed by atoms with E-state index < -0.39 is 0 Å². The topological polar surface area (TPSA) is 61.9 Å². The Labute approximate surface area is 149 Å². The number of amides is 3. The molecule has 2 heterocycles. The van der Waals surface area contributed by atoms with E-state index in [2.05, 4.69) is 19.2 Å². The van der Waals surface area contributed by atoms with Crippen LogP contribution in [0.5, 0.6) is 5.75 Å². The van der Waals surface area contributed by atoms with Crippen molar-refractivity contribution >= 4 is 17.6 Å².